The highest BCUT2D eigenvalue weighted by atomic mass is 19.4. The predicted octanol–water partition coefficient (Wildman–Crippen LogP) is 4.34. The summed E-state index contributed by atoms with van der Waals surface area (Å²) in [5.74, 6) is 1.31. The lowest BCUT2D eigenvalue weighted by Crippen LogP contribution is -2.62. The highest BCUT2D eigenvalue weighted by Gasteiger charge is 2.51. The standard InChI is InChI=1S/C26H33F3N6O2/c1-16(36)33-8-10-34(11-9-33)25-6-4-17(5-7-25)21(13-25)35-15-20(32-24(35)18-2-3-18)19-12-22(23(30)31-14-19)37-26(27,28)29/h12,14-15,17-18,21H,2-11,13H2,1H3,(H2,30,31). The molecule has 1 saturated heterocycles. The first-order valence-corrected chi connectivity index (χ1v) is 13.2. The minimum atomic E-state index is -4.85. The summed E-state index contributed by atoms with van der Waals surface area (Å²) in [6, 6.07) is 1.58. The summed E-state index contributed by atoms with van der Waals surface area (Å²) in [4.78, 5) is 25.3. The third kappa shape index (κ3) is 4.66. The van der Waals surface area contributed by atoms with Gasteiger partial charge in [0.1, 0.15) is 5.82 Å². The number of amides is 1. The van der Waals surface area contributed by atoms with Gasteiger partial charge in [0.15, 0.2) is 11.6 Å². The molecule has 5 fully saturated rings. The van der Waals surface area contributed by atoms with Crippen LogP contribution in [0.5, 0.6) is 5.75 Å². The van der Waals surface area contributed by atoms with E-state index in [1.54, 1.807) is 6.92 Å². The van der Waals surface area contributed by atoms with Crippen molar-refractivity contribution in [2.24, 2.45) is 5.92 Å². The normalized spacial score (nSPS) is 28.5. The minimum Gasteiger partial charge on any atom is -0.402 e. The second-order valence-electron chi connectivity index (χ2n) is 11.1. The summed E-state index contributed by atoms with van der Waals surface area (Å²) in [5.41, 5.74) is 6.84. The number of anilines is 1. The van der Waals surface area contributed by atoms with Crippen LogP contribution in [0.2, 0.25) is 0 Å². The summed E-state index contributed by atoms with van der Waals surface area (Å²) in [5, 5.41) is 0. The number of aromatic nitrogens is 3. The molecular formula is C26H33F3N6O2. The van der Waals surface area contributed by atoms with E-state index >= 15 is 0 Å². The van der Waals surface area contributed by atoms with Gasteiger partial charge in [-0.3, -0.25) is 9.69 Å². The highest BCUT2D eigenvalue weighted by molar-refractivity contribution is 5.73. The van der Waals surface area contributed by atoms with Gasteiger partial charge < -0.3 is 19.9 Å². The molecule has 200 valence electrons. The number of nitrogen functional groups attached to an aromatic ring is 1. The second-order valence-corrected chi connectivity index (χ2v) is 11.1. The number of alkyl halides is 3. The lowest BCUT2D eigenvalue weighted by molar-refractivity contribution is -0.274. The van der Waals surface area contributed by atoms with E-state index < -0.39 is 12.1 Å². The molecule has 0 radical (unpaired) electrons. The SMILES string of the molecule is CC(=O)N1CCN(C23CCC(CC2)C(n2cc(-c4cnc(N)c(OC(F)(F)F)c4)nc2C2CC2)C3)CC1. The summed E-state index contributed by atoms with van der Waals surface area (Å²) >= 11 is 0. The number of carbonyl (C=O) groups excluding carboxylic acids is 1. The molecule has 1 aliphatic heterocycles. The van der Waals surface area contributed by atoms with Crippen molar-refractivity contribution in [3.05, 3.63) is 24.3 Å². The Morgan fingerprint density at radius 1 is 1.14 bits per heavy atom. The van der Waals surface area contributed by atoms with Crippen molar-refractivity contribution in [1.29, 1.82) is 0 Å². The van der Waals surface area contributed by atoms with E-state index in [2.05, 4.69) is 19.2 Å². The van der Waals surface area contributed by atoms with Crippen LogP contribution in [0.4, 0.5) is 19.0 Å². The number of hydrogen-bond donors (Lipinski definition) is 1. The third-order valence-corrected chi connectivity index (χ3v) is 8.95. The smallest absolute Gasteiger partial charge is 0.402 e. The van der Waals surface area contributed by atoms with E-state index in [0.29, 0.717) is 29.1 Å². The number of nitrogens with zero attached hydrogens (tertiary/aromatic N) is 5. The Kier molecular flexibility index (Phi) is 5.89. The molecule has 0 aromatic carbocycles. The maximum absolute atomic E-state index is 12.9. The van der Waals surface area contributed by atoms with E-state index in [1.807, 2.05) is 11.1 Å². The van der Waals surface area contributed by atoms with Crippen molar-refractivity contribution < 1.29 is 22.7 Å². The lowest BCUT2D eigenvalue weighted by atomic mass is 9.62. The average Bonchev–Trinajstić information content (AvgIpc) is 3.63. The monoisotopic (exact) mass is 518 g/mol. The third-order valence-electron chi connectivity index (χ3n) is 8.95. The number of rotatable bonds is 5. The minimum absolute atomic E-state index is 0.129. The van der Waals surface area contributed by atoms with Gasteiger partial charge in [-0.1, -0.05) is 0 Å². The molecule has 1 amide bonds. The number of fused-ring (bicyclic) bond motifs is 3. The van der Waals surface area contributed by atoms with Gasteiger partial charge in [-0.05, 0) is 56.9 Å². The van der Waals surface area contributed by atoms with Crippen LogP contribution < -0.4 is 10.5 Å². The zero-order chi connectivity index (χ0) is 25.9. The van der Waals surface area contributed by atoms with E-state index in [-0.39, 0.29) is 17.3 Å². The zero-order valence-electron chi connectivity index (χ0n) is 21.0. The Morgan fingerprint density at radius 3 is 2.46 bits per heavy atom. The van der Waals surface area contributed by atoms with Crippen LogP contribution in [0.1, 0.15) is 69.7 Å². The van der Waals surface area contributed by atoms with Crippen LogP contribution in [0.25, 0.3) is 11.3 Å². The van der Waals surface area contributed by atoms with Gasteiger partial charge in [0.2, 0.25) is 5.91 Å². The molecule has 2 aromatic heterocycles. The molecular weight excluding hydrogens is 485 g/mol. The van der Waals surface area contributed by atoms with Crippen LogP contribution in [0, 0.1) is 5.92 Å². The Morgan fingerprint density at radius 2 is 1.84 bits per heavy atom. The van der Waals surface area contributed by atoms with E-state index in [0.717, 1.165) is 64.1 Å². The van der Waals surface area contributed by atoms with Crippen molar-refractivity contribution in [1.82, 2.24) is 24.3 Å². The molecule has 2 N–H and O–H groups in total. The van der Waals surface area contributed by atoms with Crippen LogP contribution in [0.15, 0.2) is 18.5 Å². The van der Waals surface area contributed by atoms with Gasteiger partial charge in [0.05, 0.1) is 5.69 Å². The first kappa shape index (κ1) is 24.5. The predicted molar refractivity (Wildman–Crippen MR) is 131 cm³/mol. The number of halogens is 3. The maximum atomic E-state index is 12.9. The maximum Gasteiger partial charge on any atom is 0.573 e. The fourth-order valence-electron chi connectivity index (χ4n) is 6.85. The van der Waals surface area contributed by atoms with Gasteiger partial charge in [-0.2, -0.15) is 0 Å². The molecule has 0 spiro atoms. The van der Waals surface area contributed by atoms with Crippen LogP contribution in [0.3, 0.4) is 0 Å². The summed E-state index contributed by atoms with van der Waals surface area (Å²) in [7, 11) is 0. The molecule has 37 heavy (non-hydrogen) atoms. The second kappa shape index (κ2) is 8.89. The van der Waals surface area contributed by atoms with Crippen molar-refractivity contribution in [3.8, 4) is 17.0 Å². The Bertz CT molecular complexity index is 1180. The number of hydrogen-bond acceptors (Lipinski definition) is 6. The van der Waals surface area contributed by atoms with Crippen LogP contribution in [-0.4, -0.2) is 68.3 Å². The molecule has 1 unspecified atom stereocenters. The first-order valence-electron chi connectivity index (χ1n) is 13.2. The van der Waals surface area contributed by atoms with Crippen molar-refractivity contribution >= 4 is 11.7 Å². The quantitative estimate of drug-likeness (QED) is 0.634. The summed E-state index contributed by atoms with van der Waals surface area (Å²) < 4.78 is 45.0. The molecule has 7 rings (SSSR count). The number of piperazine rings is 1. The zero-order valence-corrected chi connectivity index (χ0v) is 21.0. The van der Waals surface area contributed by atoms with Crippen molar-refractivity contribution in [2.75, 3.05) is 31.9 Å². The van der Waals surface area contributed by atoms with Crippen LogP contribution >= 0.6 is 0 Å². The molecule has 2 bridgehead atoms. The topological polar surface area (TPSA) is 89.5 Å². The fourth-order valence-corrected chi connectivity index (χ4v) is 6.85. The number of nitrogens with two attached hydrogens (primary N) is 1. The molecule has 5 aliphatic rings. The van der Waals surface area contributed by atoms with Crippen molar-refractivity contribution in [3.63, 3.8) is 0 Å². The molecule has 11 heteroatoms. The Labute approximate surface area is 214 Å². The number of ether oxygens (including phenoxy) is 1. The van der Waals surface area contributed by atoms with Gasteiger partial charge in [0, 0.05) is 68.6 Å². The molecule has 2 aromatic rings. The van der Waals surface area contributed by atoms with Gasteiger partial charge in [-0.15, -0.1) is 13.2 Å². The summed E-state index contributed by atoms with van der Waals surface area (Å²) in [6.07, 6.45) is 6.47. The molecule has 4 saturated carbocycles. The molecule has 4 aliphatic carbocycles. The molecule has 3 heterocycles. The Hall–Kier alpha value is -2.82. The highest BCUT2D eigenvalue weighted by Crippen LogP contribution is 2.54. The fraction of sp³-hybridized carbons (Fsp3) is 0.654. The van der Waals surface area contributed by atoms with E-state index in [4.69, 9.17) is 10.7 Å². The van der Waals surface area contributed by atoms with Gasteiger partial charge >= 0.3 is 6.36 Å². The van der Waals surface area contributed by atoms with E-state index in [9.17, 15) is 18.0 Å². The molecule has 8 nitrogen and oxygen atoms in total. The molecule has 1 atom stereocenters. The largest absolute Gasteiger partial charge is 0.573 e. The van der Waals surface area contributed by atoms with Gasteiger partial charge in [-0.25, -0.2) is 9.97 Å². The van der Waals surface area contributed by atoms with Gasteiger partial charge in [0.25, 0.3) is 0 Å². The van der Waals surface area contributed by atoms with Crippen LogP contribution in [-0.2, 0) is 4.79 Å². The Balaban J connectivity index is 1.29. The average molecular weight is 519 g/mol. The lowest BCUT2D eigenvalue weighted by Gasteiger charge is -2.57. The summed E-state index contributed by atoms with van der Waals surface area (Å²) in [6.45, 7) is 5.00. The number of imidazole rings is 1. The first-order chi connectivity index (χ1) is 17.6. The number of pyridine rings is 1. The van der Waals surface area contributed by atoms with Crippen molar-refractivity contribution in [2.45, 2.75) is 75.7 Å². The number of carbonyl (C=O) groups is 1. The van der Waals surface area contributed by atoms with E-state index in [1.165, 1.54) is 25.1 Å².